The molecule has 1 fully saturated rings. The van der Waals surface area contributed by atoms with Crippen molar-refractivity contribution in [3.05, 3.63) is 16.1 Å². The summed E-state index contributed by atoms with van der Waals surface area (Å²) in [6, 6.07) is 1.36. The summed E-state index contributed by atoms with van der Waals surface area (Å²) in [5.41, 5.74) is 1.16. The molecule has 2 rings (SSSR count). The summed E-state index contributed by atoms with van der Waals surface area (Å²) in [6.45, 7) is 12.6. The third-order valence-corrected chi connectivity index (χ3v) is 5.66. The molecule has 20 heavy (non-hydrogen) atoms. The Labute approximate surface area is 127 Å². The first-order valence-electron chi connectivity index (χ1n) is 8.00. The molecule has 1 saturated heterocycles. The van der Waals surface area contributed by atoms with Crippen molar-refractivity contribution in [2.45, 2.75) is 59.0 Å². The minimum absolute atomic E-state index is 0.666. The first-order chi connectivity index (χ1) is 9.61. The van der Waals surface area contributed by atoms with Gasteiger partial charge in [-0.15, -0.1) is 11.3 Å². The first kappa shape index (κ1) is 15.9. The maximum Gasteiger partial charge on any atom is 0.0940 e. The fourth-order valence-electron chi connectivity index (χ4n) is 3.13. The van der Waals surface area contributed by atoms with E-state index in [0.717, 1.165) is 31.1 Å². The molecule has 4 heteroatoms. The molecular weight excluding hydrogens is 266 g/mol. The zero-order chi connectivity index (χ0) is 14.5. The van der Waals surface area contributed by atoms with Crippen molar-refractivity contribution in [2.24, 2.45) is 5.92 Å². The maximum absolute atomic E-state index is 4.57. The zero-order valence-electron chi connectivity index (χ0n) is 13.4. The minimum atomic E-state index is 0.666. The molecule has 0 aliphatic carbocycles. The fourth-order valence-corrected chi connectivity index (χ4v) is 3.90. The van der Waals surface area contributed by atoms with Crippen LogP contribution in [-0.2, 0) is 6.42 Å². The highest BCUT2D eigenvalue weighted by atomic mass is 32.1. The van der Waals surface area contributed by atoms with Crippen molar-refractivity contribution in [1.82, 2.24) is 15.2 Å². The van der Waals surface area contributed by atoms with Gasteiger partial charge in [0.2, 0.25) is 0 Å². The van der Waals surface area contributed by atoms with Crippen molar-refractivity contribution in [2.75, 3.05) is 19.6 Å². The molecule has 0 amide bonds. The molecule has 0 radical (unpaired) electrons. The van der Waals surface area contributed by atoms with Crippen LogP contribution < -0.4 is 5.32 Å². The van der Waals surface area contributed by atoms with Gasteiger partial charge in [-0.25, -0.2) is 4.98 Å². The molecule has 1 aromatic heterocycles. The van der Waals surface area contributed by atoms with Gasteiger partial charge in [-0.1, -0.05) is 13.8 Å². The fraction of sp³-hybridized carbons (Fsp3) is 0.812. The molecule has 114 valence electrons. The number of aryl methyl sites for hydroxylation is 1. The summed E-state index contributed by atoms with van der Waals surface area (Å²) >= 11 is 1.80. The van der Waals surface area contributed by atoms with Crippen LogP contribution in [0.4, 0.5) is 0 Å². The molecule has 0 aromatic carbocycles. The zero-order valence-corrected chi connectivity index (χ0v) is 14.2. The summed E-state index contributed by atoms with van der Waals surface area (Å²) in [4.78, 5) is 7.22. The smallest absolute Gasteiger partial charge is 0.0940 e. The second-order valence-corrected chi connectivity index (χ2v) is 7.06. The van der Waals surface area contributed by atoms with Crippen LogP contribution in [0.25, 0.3) is 0 Å². The highest BCUT2D eigenvalue weighted by Crippen LogP contribution is 2.24. The lowest BCUT2D eigenvalue weighted by atomic mass is 9.87. The van der Waals surface area contributed by atoms with Crippen LogP contribution in [0, 0.1) is 12.8 Å². The van der Waals surface area contributed by atoms with Crippen molar-refractivity contribution in [3.63, 3.8) is 0 Å². The van der Waals surface area contributed by atoms with E-state index in [2.05, 4.69) is 48.3 Å². The Balaban J connectivity index is 1.82. The summed E-state index contributed by atoms with van der Waals surface area (Å²) in [5.74, 6) is 0.730. The average molecular weight is 295 g/mol. The molecule has 0 saturated carbocycles. The van der Waals surface area contributed by atoms with E-state index < -0.39 is 0 Å². The SMILES string of the molecule is CCCNC1CCN(CCc2nc(C)cs2)C(C)C1C. The average Bonchev–Trinajstić information content (AvgIpc) is 2.85. The highest BCUT2D eigenvalue weighted by Gasteiger charge is 2.31. The Bertz CT molecular complexity index is 404. The molecular formula is C16H29N3S. The van der Waals surface area contributed by atoms with Gasteiger partial charge in [0.05, 0.1) is 5.01 Å². The predicted octanol–water partition coefficient (Wildman–Crippen LogP) is 3.09. The third-order valence-electron chi connectivity index (χ3n) is 4.63. The topological polar surface area (TPSA) is 28.2 Å². The Morgan fingerprint density at radius 1 is 1.45 bits per heavy atom. The lowest BCUT2D eigenvalue weighted by molar-refractivity contribution is 0.0861. The van der Waals surface area contributed by atoms with E-state index in [1.807, 2.05) is 0 Å². The van der Waals surface area contributed by atoms with Gasteiger partial charge in [0.1, 0.15) is 0 Å². The van der Waals surface area contributed by atoms with Gasteiger partial charge in [0.15, 0.2) is 0 Å². The lowest BCUT2D eigenvalue weighted by Gasteiger charge is -2.43. The molecule has 1 aromatic rings. The van der Waals surface area contributed by atoms with Gasteiger partial charge in [0, 0.05) is 36.1 Å². The molecule has 3 atom stereocenters. The molecule has 1 aliphatic heterocycles. The largest absolute Gasteiger partial charge is 0.314 e. The number of nitrogens with zero attached hydrogens (tertiary/aromatic N) is 2. The number of piperidine rings is 1. The van der Waals surface area contributed by atoms with Gasteiger partial charge in [-0.3, -0.25) is 4.90 Å². The van der Waals surface area contributed by atoms with E-state index in [1.165, 1.54) is 24.4 Å². The number of hydrogen-bond acceptors (Lipinski definition) is 4. The van der Waals surface area contributed by atoms with E-state index in [0.29, 0.717) is 12.1 Å². The van der Waals surface area contributed by atoms with Crippen LogP contribution in [0.1, 0.15) is 44.3 Å². The van der Waals surface area contributed by atoms with Crippen LogP contribution >= 0.6 is 11.3 Å². The van der Waals surface area contributed by atoms with Gasteiger partial charge in [-0.05, 0) is 45.7 Å². The van der Waals surface area contributed by atoms with Gasteiger partial charge >= 0.3 is 0 Å². The van der Waals surface area contributed by atoms with E-state index in [4.69, 9.17) is 0 Å². The summed E-state index contributed by atoms with van der Waals surface area (Å²) in [7, 11) is 0. The maximum atomic E-state index is 4.57. The molecule has 0 spiro atoms. The quantitative estimate of drug-likeness (QED) is 0.874. The van der Waals surface area contributed by atoms with E-state index in [9.17, 15) is 0 Å². The Kier molecular flexibility index (Phi) is 6.00. The summed E-state index contributed by atoms with van der Waals surface area (Å²) in [5, 5.41) is 7.15. The van der Waals surface area contributed by atoms with Crippen molar-refractivity contribution in [3.8, 4) is 0 Å². The molecule has 1 aliphatic rings. The number of hydrogen-bond donors (Lipinski definition) is 1. The molecule has 2 heterocycles. The van der Waals surface area contributed by atoms with E-state index in [-0.39, 0.29) is 0 Å². The second kappa shape index (κ2) is 7.53. The standard InChI is InChI=1S/C16H29N3S/c1-5-8-17-15-6-9-19(14(4)13(15)3)10-7-16-18-12(2)11-20-16/h11,13-15,17H,5-10H2,1-4H3. The third kappa shape index (κ3) is 4.03. The van der Waals surface area contributed by atoms with Crippen molar-refractivity contribution >= 4 is 11.3 Å². The highest BCUT2D eigenvalue weighted by molar-refractivity contribution is 7.09. The molecule has 1 N–H and O–H groups in total. The number of nitrogens with one attached hydrogen (secondary N) is 1. The Morgan fingerprint density at radius 2 is 2.25 bits per heavy atom. The number of thiazole rings is 1. The van der Waals surface area contributed by atoms with Crippen molar-refractivity contribution in [1.29, 1.82) is 0 Å². The monoisotopic (exact) mass is 295 g/mol. The molecule has 0 bridgehead atoms. The first-order valence-corrected chi connectivity index (χ1v) is 8.88. The number of likely N-dealkylation sites (tertiary alicyclic amines) is 1. The number of rotatable bonds is 6. The van der Waals surface area contributed by atoms with Crippen LogP contribution in [0.5, 0.6) is 0 Å². The van der Waals surface area contributed by atoms with Gasteiger partial charge in [-0.2, -0.15) is 0 Å². The normalized spacial score (nSPS) is 27.9. The second-order valence-electron chi connectivity index (χ2n) is 6.12. The lowest BCUT2D eigenvalue weighted by Crippen LogP contribution is -2.53. The van der Waals surface area contributed by atoms with Crippen molar-refractivity contribution < 1.29 is 0 Å². The van der Waals surface area contributed by atoms with Crippen LogP contribution in [0.15, 0.2) is 5.38 Å². The van der Waals surface area contributed by atoms with Crippen LogP contribution in [0.2, 0.25) is 0 Å². The van der Waals surface area contributed by atoms with E-state index in [1.54, 1.807) is 11.3 Å². The molecule has 3 nitrogen and oxygen atoms in total. The number of aromatic nitrogens is 1. The Hall–Kier alpha value is -0.450. The predicted molar refractivity (Wildman–Crippen MR) is 87.5 cm³/mol. The minimum Gasteiger partial charge on any atom is -0.314 e. The van der Waals surface area contributed by atoms with Crippen LogP contribution in [-0.4, -0.2) is 41.6 Å². The van der Waals surface area contributed by atoms with Gasteiger partial charge in [0.25, 0.3) is 0 Å². The summed E-state index contributed by atoms with van der Waals surface area (Å²) < 4.78 is 0. The molecule has 3 unspecified atom stereocenters. The summed E-state index contributed by atoms with van der Waals surface area (Å²) in [6.07, 6.45) is 3.61. The van der Waals surface area contributed by atoms with Crippen LogP contribution in [0.3, 0.4) is 0 Å². The van der Waals surface area contributed by atoms with Gasteiger partial charge < -0.3 is 5.32 Å². The Morgan fingerprint density at radius 3 is 2.90 bits per heavy atom. The van der Waals surface area contributed by atoms with E-state index >= 15 is 0 Å².